The van der Waals surface area contributed by atoms with E-state index in [1.165, 1.54) is 12.1 Å². The number of rotatable bonds is 8. The van der Waals surface area contributed by atoms with Gasteiger partial charge in [-0.05, 0) is 77.9 Å². The van der Waals surface area contributed by atoms with Crippen molar-refractivity contribution < 1.29 is 22.1 Å². The quantitative estimate of drug-likeness (QED) is 0.468. The molecule has 9 nitrogen and oxygen atoms in total. The van der Waals surface area contributed by atoms with E-state index < -0.39 is 15.9 Å². The van der Waals surface area contributed by atoms with Gasteiger partial charge in [-0.1, -0.05) is 26.0 Å². The minimum absolute atomic E-state index is 0.0374. The van der Waals surface area contributed by atoms with Gasteiger partial charge in [0.25, 0.3) is 21.8 Å². The Bertz CT molecular complexity index is 1350. The first-order valence-electron chi connectivity index (χ1n) is 11.8. The number of nitrogens with zero attached hydrogens (tertiary/aromatic N) is 3. The monoisotopic (exact) mass is 515 g/mol. The molecule has 2 N–H and O–H groups in total. The minimum Gasteiger partial charge on any atom is -0.349 e. The van der Waals surface area contributed by atoms with Crippen LogP contribution in [0.3, 0.4) is 0 Å². The summed E-state index contributed by atoms with van der Waals surface area (Å²) in [6.45, 7) is 9.49. The molecule has 0 saturated carbocycles. The van der Waals surface area contributed by atoms with E-state index in [9.17, 15) is 17.6 Å². The van der Waals surface area contributed by atoms with Crippen molar-refractivity contribution in [3.05, 3.63) is 70.3 Å². The highest BCUT2D eigenvalue weighted by atomic mass is 32.2. The summed E-state index contributed by atoms with van der Waals surface area (Å²) in [5.74, 6) is -0.833. The van der Waals surface area contributed by atoms with Crippen molar-refractivity contribution in [3.63, 3.8) is 0 Å². The number of sulfonamides is 1. The van der Waals surface area contributed by atoms with Crippen LogP contribution in [0.4, 0.5) is 10.4 Å². The maximum atomic E-state index is 13.9. The predicted molar refractivity (Wildman–Crippen MR) is 132 cm³/mol. The molecule has 3 aromatic rings. The van der Waals surface area contributed by atoms with Crippen LogP contribution in [0.1, 0.15) is 59.7 Å². The molecule has 1 amide bonds. The summed E-state index contributed by atoms with van der Waals surface area (Å²) in [5, 5.41) is 6.20. The van der Waals surface area contributed by atoms with Crippen LogP contribution in [0.2, 0.25) is 0 Å². The molecular weight excluding hydrogens is 485 g/mol. The fourth-order valence-corrected chi connectivity index (χ4v) is 5.15. The Morgan fingerprint density at radius 1 is 1.17 bits per heavy atom. The Morgan fingerprint density at radius 2 is 1.94 bits per heavy atom. The molecule has 4 rings (SSSR count). The number of anilines is 1. The lowest BCUT2D eigenvalue weighted by Crippen LogP contribution is -2.33. The van der Waals surface area contributed by atoms with Crippen molar-refractivity contribution in [1.82, 2.24) is 20.4 Å². The first kappa shape index (κ1) is 25.8. The number of aromatic nitrogens is 2. The third-order valence-corrected chi connectivity index (χ3v) is 7.46. The van der Waals surface area contributed by atoms with Crippen LogP contribution in [0.25, 0.3) is 0 Å². The smallest absolute Gasteiger partial charge is 0.335 e. The van der Waals surface area contributed by atoms with E-state index in [1.54, 1.807) is 18.2 Å². The molecule has 0 unspecified atom stereocenters. The van der Waals surface area contributed by atoms with Crippen LogP contribution in [-0.4, -0.2) is 42.5 Å². The zero-order valence-electron chi connectivity index (χ0n) is 20.7. The molecule has 192 valence electrons. The summed E-state index contributed by atoms with van der Waals surface area (Å²) in [6, 6.07) is 9.54. The molecule has 2 aromatic carbocycles. The second kappa shape index (κ2) is 10.4. The van der Waals surface area contributed by atoms with Gasteiger partial charge < -0.3 is 9.84 Å². The second-order valence-electron chi connectivity index (χ2n) is 9.52. The largest absolute Gasteiger partial charge is 0.349 e. The normalized spacial score (nSPS) is 14.9. The highest BCUT2D eigenvalue weighted by molar-refractivity contribution is 7.92. The molecule has 0 fully saturated rings. The molecule has 2 heterocycles. The highest BCUT2D eigenvalue weighted by Gasteiger charge is 2.26. The van der Waals surface area contributed by atoms with E-state index >= 15 is 0 Å². The topological polar surface area (TPSA) is 117 Å². The zero-order chi connectivity index (χ0) is 26.0. The number of hydrogen-bond donors (Lipinski definition) is 2. The van der Waals surface area contributed by atoms with Crippen molar-refractivity contribution in [1.29, 1.82) is 0 Å². The lowest BCUT2D eigenvalue weighted by atomic mass is 9.96. The lowest BCUT2D eigenvalue weighted by molar-refractivity contribution is 0.0935. The molecular formula is C25H30FN5O4S. The number of halogens is 1. The number of aryl methyl sites for hydroxylation is 1. The molecule has 0 aliphatic carbocycles. The first-order valence-corrected chi connectivity index (χ1v) is 13.3. The van der Waals surface area contributed by atoms with Crippen LogP contribution in [0.15, 0.2) is 45.8 Å². The lowest BCUT2D eigenvalue weighted by Gasteiger charge is -2.34. The number of hydrogen-bond acceptors (Lipinski definition) is 7. The fourth-order valence-electron chi connectivity index (χ4n) is 4.18. The highest BCUT2D eigenvalue weighted by Crippen LogP contribution is 2.30. The van der Waals surface area contributed by atoms with Crippen LogP contribution < -0.4 is 10.0 Å². The number of benzene rings is 2. The number of carbonyl (C=O) groups excluding carboxylic acids is 1. The number of nitrogens with one attached hydrogen (secondary N) is 2. The first-order chi connectivity index (χ1) is 17.0. The molecule has 1 aliphatic rings. The third-order valence-electron chi connectivity index (χ3n) is 6.15. The van der Waals surface area contributed by atoms with Gasteiger partial charge in [-0.15, -0.1) is 0 Å². The van der Waals surface area contributed by atoms with Gasteiger partial charge in [-0.2, -0.15) is 4.98 Å². The molecule has 0 radical (unpaired) electrons. The molecule has 0 saturated heterocycles. The molecule has 36 heavy (non-hydrogen) atoms. The molecule has 0 spiro atoms. The Labute approximate surface area is 210 Å². The summed E-state index contributed by atoms with van der Waals surface area (Å²) in [5.41, 5.74) is 3.68. The summed E-state index contributed by atoms with van der Waals surface area (Å²) in [4.78, 5) is 18.2. The predicted octanol–water partition coefficient (Wildman–Crippen LogP) is 3.82. The van der Waals surface area contributed by atoms with Gasteiger partial charge in [-0.3, -0.25) is 9.69 Å². The van der Waals surface area contributed by atoms with Crippen LogP contribution >= 0.6 is 0 Å². The number of fused-ring (bicyclic) bond motifs is 1. The van der Waals surface area contributed by atoms with E-state index in [4.69, 9.17) is 4.52 Å². The van der Waals surface area contributed by atoms with Gasteiger partial charge in [0.2, 0.25) is 0 Å². The average Bonchev–Trinajstić information content (AvgIpc) is 3.28. The van der Waals surface area contributed by atoms with E-state index in [0.29, 0.717) is 13.1 Å². The molecule has 1 aliphatic heterocycles. The Balaban J connectivity index is 1.49. The van der Waals surface area contributed by atoms with Gasteiger partial charge >= 0.3 is 6.01 Å². The number of carbonyl (C=O) groups is 1. The van der Waals surface area contributed by atoms with Crippen molar-refractivity contribution in [2.45, 2.75) is 51.6 Å². The van der Waals surface area contributed by atoms with Crippen molar-refractivity contribution in [2.75, 3.05) is 17.8 Å². The Hall–Kier alpha value is -3.31. The summed E-state index contributed by atoms with van der Waals surface area (Å²) in [7, 11) is -4.03. The average molecular weight is 516 g/mol. The summed E-state index contributed by atoms with van der Waals surface area (Å²) >= 11 is 0. The van der Waals surface area contributed by atoms with Gasteiger partial charge in [0, 0.05) is 25.7 Å². The van der Waals surface area contributed by atoms with Gasteiger partial charge in [0.15, 0.2) is 0 Å². The van der Waals surface area contributed by atoms with Gasteiger partial charge in [-0.25, -0.2) is 17.5 Å². The maximum Gasteiger partial charge on any atom is 0.335 e. The second-order valence-corrected chi connectivity index (χ2v) is 11.2. The molecule has 0 bridgehead atoms. The van der Waals surface area contributed by atoms with Crippen molar-refractivity contribution >= 4 is 21.9 Å². The van der Waals surface area contributed by atoms with E-state index in [2.05, 4.69) is 25.1 Å². The Kier molecular flexibility index (Phi) is 7.41. The Morgan fingerprint density at radius 3 is 2.67 bits per heavy atom. The molecule has 1 aromatic heterocycles. The third kappa shape index (κ3) is 5.90. The fraction of sp³-hybridized carbons (Fsp3) is 0.400. The molecule has 1 atom stereocenters. The standard InChI is InChI=1S/C25H30FN5O4S/c1-15(2)13-27-24(32)23-28-25(35-29-23)30-36(33,34)22-6-5-18-7-8-31(14-20(18)12-22)17(4)19-9-16(3)10-21(26)11-19/h5-6,9-12,15,17H,7-8,13-14H2,1-4H3,(H,27,32)(H,28,29,30)/t17-/m1/s1. The summed E-state index contributed by atoms with van der Waals surface area (Å²) < 4.78 is 47.1. The van der Waals surface area contributed by atoms with Gasteiger partial charge in [0.05, 0.1) is 4.90 Å². The van der Waals surface area contributed by atoms with Crippen molar-refractivity contribution in [2.24, 2.45) is 5.92 Å². The SMILES string of the molecule is Cc1cc(F)cc([C@@H](C)N2CCc3ccc(S(=O)(=O)Nc4nc(C(=O)NCC(C)C)no4)cc3C2)c1. The number of amides is 1. The minimum atomic E-state index is -4.03. The molecule has 11 heteroatoms. The van der Waals surface area contributed by atoms with Crippen molar-refractivity contribution in [3.8, 4) is 0 Å². The van der Waals surface area contributed by atoms with E-state index in [1.807, 2.05) is 33.8 Å². The summed E-state index contributed by atoms with van der Waals surface area (Å²) in [6.07, 6.45) is 0.750. The van der Waals surface area contributed by atoms with Gasteiger partial charge in [0.1, 0.15) is 5.82 Å². The maximum absolute atomic E-state index is 13.9. The van der Waals surface area contributed by atoms with Crippen LogP contribution in [-0.2, 0) is 23.0 Å². The van der Waals surface area contributed by atoms with E-state index in [-0.39, 0.29) is 34.5 Å². The zero-order valence-corrected chi connectivity index (χ0v) is 21.5. The van der Waals surface area contributed by atoms with Crippen LogP contribution in [0, 0.1) is 18.7 Å². The van der Waals surface area contributed by atoms with Crippen LogP contribution in [0.5, 0.6) is 0 Å². The van der Waals surface area contributed by atoms with E-state index in [0.717, 1.165) is 35.2 Å².